The molecule has 0 fully saturated rings. The fourth-order valence-corrected chi connectivity index (χ4v) is 3.32. The maximum atomic E-state index is 6.18. The van der Waals surface area contributed by atoms with Crippen LogP contribution in [-0.2, 0) is 13.0 Å². The van der Waals surface area contributed by atoms with Crippen molar-refractivity contribution in [3.8, 4) is 0 Å². The van der Waals surface area contributed by atoms with Gasteiger partial charge in [0.2, 0.25) is 0 Å². The third-order valence-corrected chi connectivity index (χ3v) is 4.42. The van der Waals surface area contributed by atoms with Crippen molar-refractivity contribution in [3.63, 3.8) is 0 Å². The van der Waals surface area contributed by atoms with E-state index >= 15 is 0 Å². The van der Waals surface area contributed by atoms with Crippen LogP contribution in [-0.4, -0.2) is 4.98 Å². The fraction of sp³-hybridized carbons (Fsp3) is 0.133. The third-order valence-electron chi connectivity index (χ3n) is 3.03. The van der Waals surface area contributed by atoms with E-state index in [2.05, 4.69) is 17.1 Å². The number of para-hydroxylation sites is 1. The Labute approximate surface area is 120 Å². The highest BCUT2D eigenvalue weighted by molar-refractivity contribution is 7.18. The van der Waals surface area contributed by atoms with E-state index < -0.39 is 0 Å². The summed E-state index contributed by atoms with van der Waals surface area (Å²) in [4.78, 5) is 4.63. The summed E-state index contributed by atoms with van der Waals surface area (Å²) in [5, 5.41) is 1.85. The van der Waals surface area contributed by atoms with Crippen LogP contribution in [0.4, 0.5) is 0 Å². The molecule has 19 heavy (non-hydrogen) atoms. The molecule has 0 atom stereocenters. The van der Waals surface area contributed by atoms with E-state index in [0.717, 1.165) is 27.5 Å². The van der Waals surface area contributed by atoms with Gasteiger partial charge in [-0.2, -0.15) is 0 Å². The fourth-order valence-electron chi connectivity index (χ4n) is 2.04. The first-order valence-corrected chi connectivity index (χ1v) is 7.27. The minimum atomic E-state index is 0.472. The summed E-state index contributed by atoms with van der Waals surface area (Å²) in [5.74, 6) is 0. The van der Waals surface area contributed by atoms with Crippen LogP contribution in [0.2, 0.25) is 5.02 Å². The molecule has 0 aliphatic heterocycles. The van der Waals surface area contributed by atoms with Crippen molar-refractivity contribution in [2.45, 2.75) is 13.0 Å². The molecule has 0 bridgehead atoms. The lowest BCUT2D eigenvalue weighted by atomic mass is 10.1. The highest BCUT2D eigenvalue weighted by Crippen LogP contribution is 2.25. The first kappa shape index (κ1) is 12.6. The number of nitrogens with zero attached hydrogens (tertiary/aromatic N) is 1. The van der Waals surface area contributed by atoms with Crippen molar-refractivity contribution in [3.05, 3.63) is 63.6 Å². The lowest BCUT2D eigenvalue weighted by molar-refractivity contribution is 1.06. The second-order valence-electron chi connectivity index (χ2n) is 4.38. The molecule has 3 rings (SSSR count). The molecule has 2 N–H and O–H groups in total. The summed E-state index contributed by atoms with van der Waals surface area (Å²) in [7, 11) is 0. The van der Waals surface area contributed by atoms with E-state index in [1.165, 1.54) is 10.3 Å². The van der Waals surface area contributed by atoms with Gasteiger partial charge in [0, 0.05) is 18.0 Å². The van der Waals surface area contributed by atoms with E-state index in [1.807, 2.05) is 30.3 Å². The van der Waals surface area contributed by atoms with Crippen molar-refractivity contribution < 1.29 is 0 Å². The lowest BCUT2D eigenvalue weighted by Crippen LogP contribution is -1.98. The summed E-state index contributed by atoms with van der Waals surface area (Å²) in [5.41, 5.74) is 8.82. The lowest BCUT2D eigenvalue weighted by Gasteiger charge is -2.03. The van der Waals surface area contributed by atoms with E-state index in [4.69, 9.17) is 17.3 Å². The molecule has 0 unspecified atom stereocenters. The number of nitrogens with two attached hydrogens (primary N) is 1. The van der Waals surface area contributed by atoms with Crippen LogP contribution in [0, 0.1) is 0 Å². The number of hydrogen-bond acceptors (Lipinski definition) is 3. The normalized spacial score (nSPS) is 11.1. The molecule has 1 aromatic heterocycles. The van der Waals surface area contributed by atoms with Gasteiger partial charge in [0.15, 0.2) is 0 Å². The molecule has 0 radical (unpaired) electrons. The zero-order valence-corrected chi connectivity index (χ0v) is 11.8. The van der Waals surface area contributed by atoms with Crippen LogP contribution in [0.15, 0.2) is 42.5 Å². The molecule has 3 aromatic rings. The Balaban J connectivity index is 1.90. The van der Waals surface area contributed by atoms with E-state index in [-0.39, 0.29) is 0 Å². The van der Waals surface area contributed by atoms with Crippen molar-refractivity contribution in [2.24, 2.45) is 5.73 Å². The third kappa shape index (κ3) is 2.63. The predicted octanol–water partition coefficient (Wildman–Crippen LogP) is 4.00. The minimum absolute atomic E-state index is 0.472. The molecule has 0 spiro atoms. The van der Waals surface area contributed by atoms with E-state index in [1.54, 1.807) is 11.3 Å². The van der Waals surface area contributed by atoms with Gasteiger partial charge in [-0.15, -0.1) is 11.3 Å². The van der Waals surface area contributed by atoms with Gasteiger partial charge in [-0.05, 0) is 29.3 Å². The van der Waals surface area contributed by atoms with Gasteiger partial charge in [0.05, 0.1) is 15.2 Å². The molecule has 2 nitrogen and oxygen atoms in total. The second kappa shape index (κ2) is 5.29. The first-order chi connectivity index (χ1) is 9.26. The number of thiazole rings is 1. The number of hydrogen-bond donors (Lipinski definition) is 1. The second-order valence-corrected chi connectivity index (χ2v) is 5.90. The average Bonchev–Trinajstić information content (AvgIpc) is 2.81. The largest absolute Gasteiger partial charge is 0.326 e. The van der Waals surface area contributed by atoms with Crippen LogP contribution in [0.5, 0.6) is 0 Å². The van der Waals surface area contributed by atoms with E-state index in [9.17, 15) is 0 Å². The molecular formula is C15H13ClN2S. The molecule has 4 heteroatoms. The van der Waals surface area contributed by atoms with Gasteiger partial charge in [-0.1, -0.05) is 35.9 Å². The first-order valence-electron chi connectivity index (χ1n) is 6.08. The SMILES string of the molecule is NCc1ccc(Cc2nc3ccccc3s2)cc1Cl. The van der Waals surface area contributed by atoms with Crippen LogP contribution in [0.3, 0.4) is 0 Å². The van der Waals surface area contributed by atoms with Crippen molar-refractivity contribution in [2.75, 3.05) is 0 Å². The zero-order chi connectivity index (χ0) is 13.2. The van der Waals surface area contributed by atoms with Crippen LogP contribution < -0.4 is 5.73 Å². The van der Waals surface area contributed by atoms with Crippen LogP contribution in [0.1, 0.15) is 16.1 Å². The van der Waals surface area contributed by atoms with Crippen molar-refractivity contribution in [1.29, 1.82) is 0 Å². The number of rotatable bonds is 3. The Morgan fingerprint density at radius 2 is 2.00 bits per heavy atom. The Morgan fingerprint density at radius 1 is 1.16 bits per heavy atom. The van der Waals surface area contributed by atoms with Gasteiger partial charge < -0.3 is 5.73 Å². The summed E-state index contributed by atoms with van der Waals surface area (Å²) >= 11 is 7.91. The smallest absolute Gasteiger partial charge is 0.0982 e. The molecule has 0 aliphatic rings. The van der Waals surface area contributed by atoms with Gasteiger partial charge >= 0.3 is 0 Å². The molecule has 2 aromatic carbocycles. The zero-order valence-electron chi connectivity index (χ0n) is 10.3. The van der Waals surface area contributed by atoms with Crippen molar-refractivity contribution in [1.82, 2.24) is 4.98 Å². The maximum absolute atomic E-state index is 6.18. The average molecular weight is 289 g/mol. The number of aromatic nitrogens is 1. The maximum Gasteiger partial charge on any atom is 0.0982 e. The summed E-state index contributed by atoms with van der Waals surface area (Å²) in [6.07, 6.45) is 0.809. The Hall–Kier alpha value is -1.42. The highest BCUT2D eigenvalue weighted by Gasteiger charge is 2.06. The Morgan fingerprint density at radius 3 is 2.74 bits per heavy atom. The van der Waals surface area contributed by atoms with Gasteiger partial charge in [0.1, 0.15) is 0 Å². The highest BCUT2D eigenvalue weighted by atomic mass is 35.5. The standard InChI is InChI=1S/C15H13ClN2S/c16-12-7-10(5-6-11(12)9-17)8-15-18-13-3-1-2-4-14(13)19-15/h1-7H,8-9,17H2. The number of benzene rings is 2. The molecule has 0 saturated carbocycles. The number of fused-ring (bicyclic) bond motifs is 1. The van der Waals surface area contributed by atoms with Crippen LogP contribution in [0.25, 0.3) is 10.2 Å². The van der Waals surface area contributed by atoms with E-state index in [0.29, 0.717) is 6.54 Å². The molecule has 0 saturated heterocycles. The van der Waals surface area contributed by atoms with Gasteiger partial charge in [0.25, 0.3) is 0 Å². The van der Waals surface area contributed by atoms with Crippen molar-refractivity contribution >= 4 is 33.2 Å². The summed E-state index contributed by atoms with van der Waals surface area (Å²) in [6, 6.07) is 14.2. The predicted molar refractivity (Wildman–Crippen MR) is 81.8 cm³/mol. The Bertz CT molecular complexity index is 688. The quantitative estimate of drug-likeness (QED) is 0.791. The summed E-state index contributed by atoms with van der Waals surface area (Å²) in [6.45, 7) is 0.472. The number of halogens is 1. The van der Waals surface area contributed by atoms with Gasteiger partial charge in [-0.3, -0.25) is 0 Å². The summed E-state index contributed by atoms with van der Waals surface area (Å²) < 4.78 is 1.22. The van der Waals surface area contributed by atoms with Gasteiger partial charge in [-0.25, -0.2) is 4.98 Å². The Kier molecular flexibility index (Phi) is 3.51. The topological polar surface area (TPSA) is 38.9 Å². The molecule has 0 aliphatic carbocycles. The minimum Gasteiger partial charge on any atom is -0.326 e. The molecule has 0 amide bonds. The molecule has 1 heterocycles. The molecular weight excluding hydrogens is 276 g/mol. The van der Waals surface area contributed by atoms with Crippen LogP contribution >= 0.6 is 22.9 Å². The molecule has 96 valence electrons. The monoisotopic (exact) mass is 288 g/mol.